The SMILES string of the molecule is CCCCOC(=O)c1ccc(C#CC#Cc2ccc(C(=O)OCCCC)cc2)cc1. The molecule has 2 rings (SSSR count). The van der Waals surface area contributed by atoms with E-state index < -0.39 is 0 Å². The minimum atomic E-state index is -0.319. The van der Waals surface area contributed by atoms with Gasteiger partial charge in [0.1, 0.15) is 0 Å². The first kappa shape index (κ1) is 22.8. The second-order valence-electron chi connectivity index (χ2n) is 6.63. The summed E-state index contributed by atoms with van der Waals surface area (Å²) in [6.45, 7) is 4.97. The molecule has 30 heavy (non-hydrogen) atoms. The Labute approximate surface area is 178 Å². The second kappa shape index (κ2) is 12.9. The molecule has 0 unspecified atom stereocenters. The van der Waals surface area contributed by atoms with Crippen molar-refractivity contribution in [3.63, 3.8) is 0 Å². The number of hydrogen-bond acceptors (Lipinski definition) is 4. The van der Waals surface area contributed by atoms with Crippen LogP contribution in [-0.2, 0) is 9.47 Å². The predicted octanol–water partition coefficient (Wildman–Crippen LogP) is 5.00. The van der Waals surface area contributed by atoms with Gasteiger partial charge < -0.3 is 9.47 Å². The standard InChI is InChI=1S/C26H26O4/c1-3-5-19-29-25(27)23-15-11-21(12-16-23)9-7-8-10-22-13-17-24(18-14-22)26(28)30-20-6-4-2/h11-18H,3-6,19-20H2,1-2H3. The van der Waals surface area contributed by atoms with Crippen LogP contribution in [-0.4, -0.2) is 25.2 Å². The highest BCUT2D eigenvalue weighted by Crippen LogP contribution is 2.07. The third-order valence-corrected chi connectivity index (χ3v) is 4.18. The summed E-state index contributed by atoms with van der Waals surface area (Å²) in [6.07, 6.45) is 3.69. The van der Waals surface area contributed by atoms with Gasteiger partial charge in [-0.15, -0.1) is 0 Å². The van der Waals surface area contributed by atoms with Crippen LogP contribution in [0.1, 0.15) is 71.4 Å². The van der Waals surface area contributed by atoms with Crippen LogP contribution in [0.3, 0.4) is 0 Å². The molecule has 0 saturated heterocycles. The lowest BCUT2D eigenvalue weighted by atomic mass is 10.1. The van der Waals surface area contributed by atoms with Crippen molar-refractivity contribution < 1.29 is 19.1 Å². The first-order chi connectivity index (χ1) is 14.6. The Morgan fingerprint density at radius 3 is 1.37 bits per heavy atom. The predicted molar refractivity (Wildman–Crippen MR) is 117 cm³/mol. The van der Waals surface area contributed by atoms with Crippen molar-refractivity contribution in [2.24, 2.45) is 0 Å². The molecule has 4 nitrogen and oxygen atoms in total. The first-order valence-corrected chi connectivity index (χ1v) is 10.2. The average Bonchev–Trinajstić information content (AvgIpc) is 2.77. The van der Waals surface area contributed by atoms with E-state index >= 15 is 0 Å². The Kier molecular flexibility index (Phi) is 9.77. The summed E-state index contributed by atoms with van der Waals surface area (Å²) in [5.74, 6) is 10.8. The van der Waals surface area contributed by atoms with Crippen LogP contribution in [0.2, 0.25) is 0 Å². The molecule has 4 heteroatoms. The molecular weight excluding hydrogens is 376 g/mol. The van der Waals surface area contributed by atoms with Crippen molar-refractivity contribution in [3.8, 4) is 23.7 Å². The van der Waals surface area contributed by atoms with Gasteiger partial charge in [-0.2, -0.15) is 0 Å². The fraction of sp³-hybridized carbons (Fsp3) is 0.308. The molecular formula is C26H26O4. The molecule has 0 N–H and O–H groups in total. The highest BCUT2D eigenvalue weighted by Gasteiger charge is 2.06. The molecule has 0 aromatic heterocycles. The molecule has 154 valence electrons. The number of hydrogen-bond donors (Lipinski definition) is 0. The van der Waals surface area contributed by atoms with E-state index in [-0.39, 0.29) is 11.9 Å². The third kappa shape index (κ3) is 7.86. The Balaban J connectivity index is 1.90. The number of esters is 2. The van der Waals surface area contributed by atoms with Crippen molar-refractivity contribution in [2.45, 2.75) is 39.5 Å². The molecule has 0 aliphatic carbocycles. The van der Waals surface area contributed by atoms with Gasteiger partial charge in [-0.3, -0.25) is 0 Å². The van der Waals surface area contributed by atoms with E-state index in [4.69, 9.17) is 9.47 Å². The van der Waals surface area contributed by atoms with Gasteiger partial charge in [0.2, 0.25) is 0 Å². The highest BCUT2D eigenvalue weighted by molar-refractivity contribution is 5.90. The lowest BCUT2D eigenvalue weighted by Gasteiger charge is -2.03. The summed E-state index contributed by atoms with van der Waals surface area (Å²) in [5, 5.41) is 0. The zero-order chi connectivity index (χ0) is 21.6. The summed E-state index contributed by atoms with van der Waals surface area (Å²) in [4.78, 5) is 23.7. The Morgan fingerprint density at radius 1 is 0.667 bits per heavy atom. The molecule has 0 spiro atoms. The molecule has 2 aromatic carbocycles. The average molecular weight is 402 g/mol. The molecule has 0 heterocycles. The molecule has 0 radical (unpaired) electrons. The van der Waals surface area contributed by atoms with Crippen LogP contribution in [0.15, 0.2) is 48.5 Å². The van der Waals surface area contributed by atoms with Crippen molar-refractivity contribution in [1.82, 2.24) is 0 Å². The van der Waals surface area contributed by atoms with E-state index in [1.807, 2.05) is 13.8 Å². The number of unbranched alkanes of at least 4 members (excludes halogenated alkanes) is 2. The van der Waals surface area contributed by atoms with Gasteiger partial charge in [0, 0.05) is 11.1 Å². The van der Waals surface area contributed by atoms with Crippen LogP contribution >= 0.6 is 0 Å². The van der Waals surface area contributed by atoms with Crippen LogP contribution < -0.4 is 0 Å². The fourth-order valence-electron chi connectivity index (χ4n) is 2.37. The highest BCUT2D eigenvalue weighted by atomic mass is 16.5. The van der Waals surface area contributed by atoms with Gasteiger partial charge in [0.15, 0.2) is 0 Å². The number of ether oxygens (including phenoxy) is 2. The largest absolute Gasteiger partial charge is 0.462 e. The van der Waals surface area contributed by atoms with E-state index in [0.717, 1.165) is 36.8 Å². The molecule has 0 saturated carbocycles. The lowest BCUT2D eigenvalue weighted by molar-refractivity contribution is 0.0490. The maximum atomic E-state index is 11.9. The topological polar surface area (TPSA) is 52.6 Å². The van der Waals surface area contributed by atoms with Crippen molar-refractivity contribution in [1.29, 1.82) is 0 Å². The van der Waals surface area contributed by atoms with E-state index in [2.05, 4.69) is 23.7 Å². The maximum absolute atomic E-state index is 11.9. The monoisotopic (exact) mass is 402 g/mol. The third-order valence-electron chi connectivity index (χ3n) is 4.18. The van der Waals surface area contributed by atoms with Crippen LogP contribution in [0, 0.1) is 23.7 Å². The summed E-state index contributed by atoms with van der Waals surface area (Å²) >= 11 is 0. The van der Waals surface area contributed by atoms with E-state index in [1.54, 1.807) is 48.5 Å². The summed E-state index contributed by atoms with van der Waals surface area (Å²) in [5.41, 5.74) is 2.55. The fourth-order valence-corrected chi connectivity index (χ4v) is 2.37. The molecule has 0 atom stereocenters. The van der Waals surface area contributed by atoms with Crippen molar-refractivity contribution in [2.75, 3.05) is 13.2 Å². The van der Waals surface area contributed by atoms with Crippen molar-refractivity contribution >= 4 is 11.9 Å². The van der Waals surface area contributed by atoms with Crippen molar-refractivity contribution in [3.05, 3.63) is 70.8 Å². The number of carbonyl (C=O) groups is 2. The van der Waals surface area contributed by atoms with E-state index in [9.17, 15) is 9.59 Å². The first-order valence-electron chi connectivity index (χ1n) is 10.2. The van der Waals surface area contributed by atoms with E-state index in [0.29, 0.717) is 24.3 Å². The smallest absolute Gasteiger partial charge is 0.338 e. The Bertz CT molecular complexity index is 867. The number of carbonyl (C=O) groups excluding carboxylic acids is 2. The zero-order valence-corrected chi connectivity index (χ0v) is 17.5. The second-order valence-corrected chi connectivity index (χ2v) is 6.63. The lowest BCUT2D eigenvalue weighted by Crippen LogP contribution is -2.06. The van der Waals surface area contributed by atoms with Crippen LogP contribution in [0.4, 0.5) is 0 Å². The molecule has 0 aliphatic heterocycles. The molecule has 0 bridgehead atoms. The summed E-state index contributed by atoms with van der Waals surface area (Å²) in [6, 6.07) is 13.9. The van der Waals surface area contributed by atoms with Gasteiger partial charge in [-0.05, 0) is 73.2 Å². The summed E-state index contributed by atoms with van der Waals surface area (Å²) in [7, 11) is 0. The van der Waals surface area contributed by atoms with Gasteiger partial charge >= 0.3 is 11.9 Å². The molecule has 0 fully saturated rings. The van der Waals surface area contributed by atoms with E-state index in [1.165, 1.54) is 0 Å². The van der Waals surface area contributed by atoms with Gasteiger partial charge in [0.25, 0.3) is 0 Å². The summed E-state index contributed by atoms with van der Waals surface area (Å²) < 4.78 is 10.4. The zero-order valence-electron chi connectivity index (χ0n) is 17.5. The normalized spacial score (nSPS) is 9.53. The number of rotatable bonds is 8. The minimum Gasteiger partial charge on any atom is -0.462 e. The molecule has 0 amide bonds. The van der Waals surface area contributed by atoms with Gasteiger partial charge in [-0.25, -0.2) is 9.59 Å². The minimum absolute atomic E-state index is 0.319. The Hall–Kier alpha value is -3.50. The molecule has 0 aliphatic rings. The quantitative estimate of drug-likeness (QED) is 0.354. The van der Waals surface area contributed by atoms with Crippen LogP contribution in [0.25, 0.3) is 0 Å². The maximum Gasteiger partial charge on any atom is 0.338 e. The number of benzene rings is 2. The van der Waals surface area contributed by atoms with Crippen LogP contribution in [0.5, 0.6) is 0 Å². The molecule has 2 aromatic rings. The van der Waals surface area contributed by atoms with Gasteiger partial charge in [-0.1, -0.05) is 38.5 Å². The Morgan fingerprint density at radius 2 is 1.03 bits per heavy atom. The van der Waals surface area contributed by atoms with Gasteiger partial charge in [0.05, 0.1) is 24.3 Å².